The topological polar surface area (TPSA) is 97.0 Å². The highest BCUT2D eigenvalue weighted by molar-refractivity contribution is 8.15. The molecule has 9 heteroatoms. The van der Waals surface area contributed by atoms with Crippen LogP contribution in [0.25, 0.3) is 0 Å². The first-order chi connectivity index (χ1) is 14.0. The Kier molecular flexibility index (Phi) is 7.66. The van der Waals surface area contributed by atoms with E-state index in [1.165, 1.54) is 49.5 Å². The summed E-state index contributed by atoms with van der Waals surface area (Å²) >= 11 is 7.51. The smallest absolute Gasteiger partial charge is 0.319 e. The van der Waals surface area contributed by atoms with Gasteiger partial charge in [0.25, 0.3) is 0 Å². The lowest BCUT2D eigenvalue weighted by molar-refractivity contribution is -0.118. The zero-order valence-electron chi connectivity index (χ0n) is 16.5. The Morgan fingerprint density at radius 1 is 1.34 bits per heavy atom. The fourth-order valence-corrected chi connectivity index (χ4v) is 4.87. The van der Waals surface area contributed by atoms with Crippen LogP contribution in [0, 0.1) is 0 Å². The molecule has 1 aliphatic carbocycles. The van der Waals surface area contributed by atoms with Crippen molar-refractivity contribution in [1.82, 2.24) is 5.32 Å². The number of nitrogens with one attached hydrogen (secondary N) is 1. The minimum absolute atomic E-state index is 0.0788. The molecule has 0 spiro atoms. The van der Waals surface area contributed by atoms with E-state index in [2.05, 4.69) is 5.32 Å². The first-order valence-corrected chi connectivity index (χ1v) is 11.2. The molecule has 0 bridgehead atoms. The lowest BCUT2D eigenvalue weighted by Gasteiger charge is -2.23. The number of nitrogens with zero attached hydrogens (tertiary/aromatic N) is 2. The third kappa shape index (κ3) is 5.79. The minimum Gasteiger partial charge on any atom is -0.495 e. The maximum Gasteiger partial charge on any atom is 0.319 e. The molecule has 0 aromatic heterocycles. The largest absolute Gasteiger partial charge is 0.495 e. The number of carbonyl (C=O) groups excluding carboxylic acids is 2. The van der Waals surface area contributed by atoms with Crippen LogP contribution in [0.5, 0.6) is 5.75 Å². The molecule has 1 atom stereocenters. The van der Waals surface area contributed by atoms with Gasteiger partial charge in [-0.2, -0.15) is 0 Å². The van der Waals surface area contributed by atoms with E-state index in [-0.39, 0.29) is 23.7 Å². The van der Waals surface area contributed by atoms with Crippen molar-refractivity contribution in [1.29, 1.82) is 0 Å². The molecule has 1 aliphatic heterocycles. The number of benzene rings is 1. The Balaban J connectivity index is 1.65. The van der Waals surface area contributed by atoms with Gasteiger partial charge in [0.1, 0.15) is 5.75 Å². The van der Waals surface area contributed by atoms with Gasteiger partial charge in [-0.1, -0.05) is 49.0 Å². The van der Waals surface area contributed by atoms with Crippen LogP contribution in [0.2, 0.25) is 5.02 Å². The summed E-state index contributed by atoms with van der Waals surface area (Å²) in [4.78, 5) is 30.6. The van der Waals surface area contributed by atoms with E-state index in [4.69, 9.17) is 27.1 Å². The number of hydrogen-bond acceptors (Lipinski definition) is 5. The Labute approximate surface area is 180 Å². The molecule has 3 rings (SSSR count). The van der Waals surface area contributed by atoms with E-state index in [9.17, 15) is 9.59 Å². The highest BCUT2D eigenvalue weighted by atomic mass is 35.5. The molecule has 1 aromatic rings. The summed E-state index contributed by atoms with van der Waals surface area (Å²) in [6, 6.07) is 4.66. The van der Waals surface area contributed by atoms with Crippen molar-refractivity contribution in [2.24, 2.45) is 10.7 Å². The van der Waals surface area contributed by atoms with Crippen LogP contribution in [0.15, 0.2) is 23.2 Å². The lowest BCUT2D eigenvalue weighted by atomic mass is 10.1. The monoisotopic (exact) mass is 438 g/mol. The molecule has 1 heterocycles. The number of urea groups is 1. The molecule has 1 aromatic carbocycles. The number of anilines is 1. The van der Waals surface area contributed by atoms with Crippen LogP contribution in [-0.2, 0) is 4.79 Å². The highest BCUT2D eigenvalue weighted by Gasteiger charge is 2.32. The molecule has 7 nitrogen and oxygen atoms in total. The van der Waals surface area contributed by atoms with Crippen LogP contribution in [0.3, 0.4) is 0 Å². The third-order valence-electron chi connectivity index (χ3n) is 5.21. The Morgan fingerprint density at radius 3 is 2.72 bits per heavy atom. The highest BCUT2D eigenvalue weighted by Crippen LogP contribution is 2.32. The Hall–Kier alpha value is -1.93. The number of aliphatic imine (C=N–C) groups is 1. The van der Waals surface area contributed by atoms with Gasteiger partial charge in [-0.3, -0.25) is 14.7 Å². The van der Waals surface area contributed by atoms with Gasteiger partial charge < -0.3 is 15.8 Å². The van der Waals surface area contributed by atoms with Gasteiger partial charge in [0.2, 0.25) is 5.91 Å². The molecule has 29 heavy (non-hydrogen) atoms. The van der Waals surface area contributed by atoms with Crippen LogP contribution in [0.4, 0.5) is 10.5 Å². The van der Waals surface area contributed by atoms with Crippen molar-refractivity contribution < 1.29 is 14.3 Å². The molecule has 158 valence electrons. The van der Waals surface area contributed by atoms with E-state index in [0.29, 0.717) is 28.0 Å². The van der Waals surface area contributed by atoms with E-state index in [0.717, 1.165) is 12.8 Å². The average Bonchev–Trinajstić information content (AvgIpc) is 2.87. The number of amides is 3. The number of amidine groups is 1. The molecular weight excluding hydrogens is 412 g/mol. The predicted octanol–water partition coefficient (Wildman–Crippen LogP) is 3.93. The molecule has 2 fully saturated rings. The summed E-state index contributed by atoms with van der Waals surface area (Å²) in [7, 11) is 1.52. The average molecular weight is 439 g/mol. The number of hydrogen-bond donors (Lipinski definition) is 2. The molecular formula is C20H27ClN4O3S. The second-order valence-electron chi connectivity index (χ2n) is 7.27. The molecule has 0 radical (unpaired) electrons. The van der Waals surface area contributed by atoms with E-state index in [1.54, 1.807) is 18.2 Å². The van der Waals surface area contributed by atoms with Crippen molar-refractivity contribution in [3.63, 3.8) is 0 Å². The van der Waals surface area contributed by atoms with E-state index >= 15 is 0 Å². The number of carbonyl (C=O) groups is 2. The Bertz CT molecular complexity index is 781. The summed E-state index contributed by atoms with van der Waals surface area (Å²) in [6.45, 7) is 0.272. The van der Waals surface area contributed by atoms with Crippen LogP contribution >= 0.6 is 23.4 Å². The van der Waals surface area contributed by atoms with Crippen LogP contribution < -0.4 is 20.7 Å². The zero-order chi connectivity index (χ0) is 20.8. The predicted molar refractivity (Wildman–Crippen MR) is 118 cm³/mol. The number of nitrogens with two attached hydrogens (primary N) is 1. The number of halogens is 1. The maximum atomic E-state index is 12.4. The second kappa shape index (κ2) is 10.2. The van der Waals surface area contributed by atoms with Gasteiger partial charge in [-0.15, -0.1) is 0 Å². The van der Waals surface area contributed by atoms with Crippen LogP contribution in [0.1, 0.15) is 44.9 Å². The first-order valence-electron chi connectivity index (χ1n) is 9.93. The SMILES string of the molecule is COc1ccc(Cl)cc1N(CCC1SC(=NC2CCCCCC2)NC1=O)C(N)=O. The molecule has 1 saturated carbocycles. The number of primary amides is 1. The standard InChI is InChI=1S/C20H27ClN4O3S/c1-28-16-9-8-13(21)12-15(16)25(19(22)27)11-10-17-18(26)24-20(29-17)23-14-6-4-2-3-5-7-14/h8-9,12,14,17H,2-7,10-11H2,1H3,(H2,22,27)(H,23,24,26). The zero-order valence-corrected chi connectivity index (χ0v) is 18.1. The third-order valence-corrected chi connectivity index (χ3v) is 6.61. The van der Waals surface area contributed by atoms with Crippen molar-refractivity contribution in [3.8, 4) is 5.75 Å². The van der Waals surface area contributed by atoms with Crippen molar-refractivity contribution in [2.75, 3.05) is 18.6 Å². The number of rotatable bonds is 6. The maximum absolute atomic E-state index is 12.4. The summed E-state index contributed by atoms with van der Waals surface area (Å²) < 4.78 is 5.32. The molecule has 2 aliphatic rings. The first kappa shape index (κ1) is 21.8. The fourth-order valence-electron chi connectivity index (χ4n) is 3.68. The number of methoxy groups -OCH3 is 1. The second-order valence-corrected chi connectivity index (χ2v) is 8.90. The summed E-state index contributed by atoms with van der Waals surface area (Å²) in [5.41, 5.74) is 6.07. The fraction of sp³-hybridized carbons (Fsp3) is 0.550. The number of thioether (sulfide) groups is 1. The van der Waals surface area contributed by atoms with Crippen LogP contribution in [-0.4, -0.2) is 42.1 Å². The van der Waals surface area contributed by atoms with Crippen molar-refractivity contribution >= 4 is 46.2 Å². The van der Waals surface area contributed by atoms with Gasteiger partial charge >= 0.3 is 6.03 Å². The minimum atomic E-state index is -0.624. The molecule has 1 saturated heterocycles. The Morgan fingerprint density at radius 2 is 2.07 bits per heavy atom. The molecule has 3 amide bonds. The molecule has 1 unspecified atom stereocenters. The van der Waals surface area contributed by atoms with Gasteiger partial charge in [-0.05, 0) is 37.5 Å². The number of ether oxygens (including phenoxy) is 1. The van der Waals surface area contributed by atoms with Gasteiger partial charge in [-0.25, -0.2) is 4.79 Å². The van der Waals surface area contributed by atoms with Gasteiger partial charge in [0.15, 0.2) is 5.17 Å². The lowest BCUT2D eigenvalue weighted by Crippen LogP contribution is -2.38. The summed E-state index contributed by atoms with van der Waals surface area (Å²) in [5.74, 6) is 0.414. The van der Waals surface area contributed by atoms with Crippen molar-refractivity contribution in [3.05, 3.63) is 23.2 Å². The van der Waals surface area contributed by atoms with E-state index in [1.807, 2.05) is 0 Å². The van der Waals surface area contributed by atoms with Gasteiger partial charge in [0.05, 0.1) is 24.1 Å². The quantitative estimate of drug-likeness (QED) is 0.657. The normalized spacial score (nSPS) is 21.7. The summed E-state index contributed by atoms with van der Waals surface area (Å²) in [6.07, 6.45) is 7.51. The molecule has 3 N–H and O–H groups in total. The van der Waals surface area contributed by atoms with Gasteiger partial charge in [0, 0.05) is 11.6 Å². The van der Waals surface area contributed by atoms with Crippen molar-refractivity contribution in [2.45, 2.75) is 56.2 Å². The van der Waals surface area contributed by atoms with E-state index < -0.39 is 6.03 Å². The summed E-state index contributed by atoms with van der Waals surface area (Å²) in [5, 5.41) is 3.74.